The van der Waals surface area contributed by atoms with Crippen molar-refractivity contribution in [2.24, 2.45) is 5.92 Å². The predicted molar refractivity (Wildman–Crippen MR) is 87.4 cm³/mol. The highest BCUT2D eigenvalue weighted by Crippen LogP contribution is 2.20. The number of nitrogens with zero attached hydrogens (tertiary/aromatic N) is 2. The summed E-state index contributed by atoms with van der Waals surface area (Å²) < 4.78 is 0. The lowest BCUT2D eigenvalue weighted by Crippen LogP contribution is -2.32. The third-order valence-electron chi connectivity index (χ3n) is 4.19. The predicted octanol–water partition coefficient (Wildman–Crippen LogP) is 0.773. The number of carbonyl (C=O) groups excluding carboxylic acids is 2. The Morgan fingerprint density at radius 2 is 2.08 bits per heavy atom. The minimum absolute atomic E-state index is 0.0477. The fourth-order valence-electron chi connectivity index (χ4n) is 2.86. The summed E-state index contributed by atoms with van der Waals surface area (Å²) >= 11 is 0. The van der Waals surface area contributed by atoms with E-state index in [9.17, 15) is 14.4 Å². The number of rotatable bonds is 6. The van der Waals surface area contributed by atoms with E-state index in [1.165, 1.54) is 6.20 Å². The number of hydrogen-bond donors (Lipinski definition) is 3. The molecule has 1 unspecified atom stereocenters. The smallest absolute Gasteiger partial charge is 0.354 e. The van der Waals surface area contributed by atoms with Gasteiger partial charge in [0.05, 0.1) is 12.1 Å². The lowest BCUT2D eigenvalue weighted by Gasteiger charge is -2.16. The van der Waals surface area contributed by atoms with Crippen LogP contribution in [-0.4, -0.2) is 44.5 Å². The largest absolute Gasteiger partial charge is 0.477 e. The molecule has 1 fully saturated rings. The van der Waals surface area contributed by atoms with Crippen LogP contribution in [0.2, 0.25) is 0 Å². The lowest BCUT2D eigenvalue weighted by atomic mass is 10.1. The first-order chi connectivity index (χ1) is 12.0. The summed E-state index contributed by atoms with van der Waals surface area (Å²) in [5.41, 5.74) is 1.36. The van der Waals surface area contributed by atoms with Gasteiger partial charge in [-0.3, -0.25) is 14.7 Å². The molecule has 1 atom stereocenters. The molecule has 2 aromatic rings. The number of carbonyl (C=O) groups is 3. The number of nitrogens with one attached hydrogen (secondary N) is 2. The third kappa shape index (κ3) is 3.85. The maximum Gasteiger partial charge on any atom is 0.354 e. The molecule has 3 N–H and O–H groups in total. The van der Waals surface area contributed by atoms with Gasteiger partial charge in [0.2, 0.25) is 11.8 Å². The summed E-state index contributed by atoms with van der Waals surface area (Å²) in [7, 11) is 0. The van der Waals surface area contributed by atoms with E-state index < -0.39 is 11.9 Å². The summed E-state index contributed by atoms with van der Waals surface area (Å²) in [6, 6.07) is 9.60. The number of carboxylic acid groups (broad SMARTS) is 1. The number of carboxylic acids is 1. The van der Waals surface area contributed by atoms with E-state index in [1.807, 2.05) is 30.3 Å². The van der Waals surface area contributed by atoms with Gasteiger partial charge in [-0.2, -0.15) is 5.10 Å². The van der Waals surface area contributed by atoms with Crippen molar-refractivity contribution in [1.82, 2.24) is 20.4 Å². The topological polar surface area (TPSA) is 115 Å². The molecular formula is C17H18N4O4. The van der Waals surface area contributed by atoms with Gasteiger partial charge in [-0.25, -0.2) is 4.79 Å². The molecule has 1 aromatic carbocycles. The van der Waals surface area contributed by atoms with Crippen molar-refractivity contribution in [2.75, 3.05) is 6.54 Å². The van der Waals surface area contributed by atoms with Gasteiger partial charge in [-0.1, -0.05) is 30.3 Å². The molecule has 0 radical (unpaired) electrons. The van der Waals surface area contributed by atoms with Crippen molar-refractivity contribution in [1.29, 1.82) is 0 Å². The fraction of sp³-hybridized carbons (Fsp3) is 0.294. The Morgan fingerprint density at radius 3 is 2.80 bits per heavy atom. The average molecular weight is 342 g/mol. The van der Waals surface area contributed by atoms with Gasteiger partial charge in [0.25, 0.3) is 0 Å². The molecule has 0 aliphatic carbocycles. The average Bonchev–Trinajstić information content (AvgIpc) is 3.21. The van der Waals surface area contributed by atoms with E-state index >= 15 is 0 Å². The number of aromatic amines is 1. The number of aromatic carboxylic acids is 1. The minimum atomic E-state index is -1.13. The number of aromatic nitrogens is 2. The third-order valence-corrected chi connectivity index (χ3v) is 4.19. The molecule has 3 rings (SSSR count). The van der Waals surface area contributed by atoms with E-state index in [2.05, 4.69) is 15.5 Å². The summed E-state index contributed by atoms with van der Waals surface area (Å²) in [4.78, 5) is 37.1. The van der Waals surface area contributed by atoms with E-state index in [1.54, 1.807) is 4.90 Å². The highest BCUT2D eigenvalue weighted by Gasteiger charge is 2.34. The Kier molecular flexibility index (Phi) is 4.78. The summed E-state index contributed by atoms with van der Waals surface area (Å²) in [5.74, 6) is -1.89. The number of H-pyrrole nitrogens is 1. The Bertz CT molecular complexity index is 787. The van der Waals surface area contributed by atoms with Crippen LogP contribution in [-0.2, 0) is 22.7 Å². The second-order valence-electron chi connectivity index (χ2n) is 5.95. The molecule has 1 aliphatic heterocycles. The van der Waals surface area contributed by atoms with Gasteiger partial charge in [-0.15, -0.1) is 0 Å². The Balaban J connectivity index is 1.55. The van der Waals surface area contributed by atoms with E-state index in [4.69, 9.17) is 5.11 Å². The fourth-order valence-corrected chi connectivity index (χ4v) is 2.86. The Labute approximate surface area is 143 Å². The lowest BCUT2D eigenvalue weighted by molar-refractivity contribution is -0.129. The Morgan fingerprint density at radius 1 is 1.32 bits per heavy atom. The van der Waals surface area contributed by atoms with Gasteiger partial charge in [0.1, 0.15) is 5.69 Å². The minimum Gasteiger partial charge on any atom is -0.477 e. The second kappa shape index (κ2) is 7.16. The van der Waals surface area contributed by atoms with Crippen LogP contribution in [0.1, 0.15) is 28.0 Å². The SMILES string of the molecule is O=C(O)c1[nH]ncc1CNC(=O)C1CC(=O)N(Cc2ccccc2)C1. The van der Waals surface area contributed by atoms with Gasteiger partial charge in [-0.05, 0) is 5.56 Å². The first kappa shape index (κ1) is 16.7. The standard InChI is InChI=1S/C17H18N4O4/c22-14-6-12(10-21(14)9-11-4-2-1-3-5-11)16(23)18-7-13-8-19-20-15(13)17(24)25/h1-5,8,12H,6-7,9-10H2,(H,18,23)(H,19,20)(H,24,25). The van der Waals surface area contributed by atoms with Crippen molar-refractivity contribution in [3.8, 4) is 0 Å². The quantitative estimate of drug-likeness (QED) is 0.717. The number of amides is 2. The van der Waals surface area contributed by atoms with Crippen molar-refractivity contribution < 1.29 is 19.5 Å². The number of benzene rings is 1. The summed E-state index contributed by atoms with van der Waals surface area (Å²) in [5, 5.41) is 17.7. The van der Waals surface area contributed by atoms with E-state index in [-0.39, 0.29) is 30.5 Å². The van der Waals surface area contributed by atoms with E-state index in [0.29, 0.717) is 18.7 Å². The highest BCUT2D eigenvalue weighted by molar-refractivity contribution is 5.90. The van der Waals surface area contributed by atoms with Crippen molar-refractivity contribution in [2.45, 2.75) is 19.5 Å². The molecule has 0 saturated carbocycles. The summed E-state index contributed by atoms with van der Waals surface area (Å²) in [6.45, 7) is 0.894. The van der Waals surface area contributed by atoms with Crippen LogP contribution in [0.3, 0.4) is 0 Å². The molecule has 8 nitrogen and oxygen atoms in total. The van der Waals surface area contributed by atoms with Gasteiger partial charge in [0, 0.05) is 31.6 Å². The maximum atomic E-state index is 12.3. The molecule has 8 heteroatoms. The van der Waals surface area contributed by atoms with E-state index in [0.717, 1.165) is 5.56 Å². The molecule has 0 bridgehead atoms. The van der Waals surface area contributed by atoms with Gasteiger partial charge in [0.15, 0.2) is 0 Å². The van der Waals surface area contributed by atoms with Crippen LogP contribution in [0, 0.1) is 5.92 Å². The van der Waals surface area contributed by atoms with Crippen molar-refractivity contribution in [3.63, 3.8) is 0 Å². The molecule has 2 amide bonds. The number of hydrogen-bond acceptors (Lipinski definition) is 4. The summed E-state index contributed by atoms with van der Waals surface area (Å²) in [6.07, 6.45) is 1.53. The normalized spacial score (nSPS) is 16.9. The second-order valence-corrected chi connectivity index (χ2v) is 5.95. The molecule has 1 saturated heterocycles. The first-order valence-corrected chi connectivity index (χ1v) is 7.89. The Hall–Kier alpha value is -3.16. The van der Waals surface area contributed by atoms with Crippen LogP contribution >= 0.6 is 0 Å². The molecule has 1 aromatic heterocycles. The zero-order chi connectivity index (χ0) is 17.8. The molecule has 130 valence electrons. The van der Waals surface area contributed by atoms with Crippen LogP contribution in [0.25, 0.3) is 0 Å². The first-order valence-electron chi connectivity index (χ1n) is 7.89. The number of likely N-dealkylation sites (tertiary alicyclic amines) is 1. The maximum absolute atomic E-state index is 12.3. The highest BCUT2D eigenvalue weighted by atomic mass is 16.4. The molecule has 0 spiro atoms. The molecular weight excluding hydrogens is 324 g/mol. The molecule has 2 heterocycles. The van der Waals surface area contributed by atoms with Gasteiger partial charge >= 0.3 is 5.97 Å². The van der Waals surface area contributed by atoms with Crippen LogP contribution in [0.15, 0.2) is 36.5 Å². The van der Waals surface area contributed by atoms with Crippen molar-refractivity contribution >= 4 is 17.8 Å². The zero-order valence-corrected chi connectivity index (χ0v) is 13.4. The van der Waals surface area contributed by atoms with Crippen LogP contribution in [0.4, 0.5) is 0 Å². The van der Waals surface area contributed by atoms with Crippen LogP contribution in [0.5, 0.6) is 0 Å². The monoisotopic (exact) mass is 342 g/mol. The zero-order valence-electron chi connectivity index (χ0n) is 13.4. The van der Waals surface area contributed by atoms with Gasteiger partial charge < -0.3 is 15.3 Å². The van der Waals surface area contributed by atoms with Crippen molar-refractivity contribution in [3.05, 3.63) is 53.3 Å². The molecule has 1 aliphatic rings. The molecule has 25 heavy (non-hydrogen) atoms. The van der Waals surface area contributed by atoms with Crippen LogP contribution < -0.4 is 5.32 Å².